The minimum Gasteiger partial charge on any atom is -0.373 e. The van der Waals surface area contributed by atoms with Crippen LogP contribution in [0.1, 0.15) is 20.3 Å². The Hall–Kier alpha value is -0.540. The molecule has 3 heteroatoms. The number of nitrogens with two attached hydrogens (primary N) is 1. The Bertz CT molecular complexity index is 191. The number of hydrogen-bond donors (Lipinski definition) is 1. The third-order valence-electron chi connectivity index (χ3n) is 2.79. The summed E-state index contributed by atoms with van der Waals surface area (Å²) in [7, 11) is 2.18. The van der Waals surface area contributed by atoms with Crippen LogP contribution in [0.25, 0.3) is 0 Å². The zero-order valence-corrected chi connectivity index (χ0v) is 9.66. The van der Waals surface area contributed by atoms with Gasteiger partial charge in [-0.25, -0.2) is 0 Å². The van der Waals surface area contributed by atoms with Crippen LogP contribution in [0.2, 0.25) is 0 Å². The summed E-state index contributed by atoms with van der Waals surface area (Å²) >= 11 is 0. The van der Waals surface area contributed by atoms with E-state index in [-0.39, 0.29) is 6.04 Å². The Kier molecular flexibility index (Phi) is 4.42. The topological polar surface area (TPSA) is 32.5 Å². The molecule has 0 saturated carbocycles. The van der Waals surface area contributed by atoms with Crippen molar-refractivity contribution < 1.29 is 0 Å². The van der Waals surface area contributed by atoms with Crippen molar-refractivity contribution in [3.8, 4) is 0 Å². The summed E-state index contributed by atoms with van der Waals surface area (Å²) in [5.74, 6) is 0. The van der Waals surface area contributed by atoms with Crippen LogP contribution >= 0.6 is 0 Å². The highest BCUT2D eigenvalue weighted by Crippen LogP contribution is 2.08. The fourth-order valence-electron chi connectivity index (χ4n) is 1.64. The molecule has 0 radical (unpaired) electrons. The number of likely N-dealkylation sites (N-methyl/N-ethyl adjacent to an activating group) is 1. The molecule has 0 spiro atoms. The van der Waals surface area contributed by atoms with Crippen LogP contribution in [0, 0.1) is 0 Å². The van der Waals surface area contributed by atoms with Gasteiger partial charge in [-0.05, 0) is 27.3 Å². The smallest absolute Gasteiger partial charge is 0.0303 e. The summed E-state index contributed by atoms with van der Waals surface area (Å²) in [4.78, 5) is 4.82. The van der Waals surface area contributed by atoms with Gasteiger partial charge in [0.1, 0.15) is 0 Å². The van der Waals surface area contributed by atoms with E-state index in [1.807, 2.05) is 6.92 Å². The van der Waals surface area contributed by atoms with Crippen molar-refractivity contribution in [2.45, 2.75) is 26.3 Å². The molecule has 0 amide bonds. The molecule has 1 saturated heterocycles. The van der Waals surface area contributed by atoms with Crippen LogP contribution in [0.5, 0.6) is 0 Å². The fourth-order valence-corrected chi connectivity index (χ4v) is 1.64. The largest absolute Gasteiger partial charge is 0.373 e. The molecule has 0 aromatic heterocycles. The van der Waals surface area contributed by atoms with Crippen LogP contribution in [0.15, 0.2) is 11.8 Å². The lowest BCUT2D eigenvalue weighted by molar-refractivity contribution is 0.186. The first-order chi connectivity index (χ1) is 6.59. The monoisotopic (exact) mass is 197 g/mol. The molecule has 82 valence electrons. The number of rotatable bonds is 3. The zero-order valence-electron chi connectivity index (χ0n) is 9.66. The van der Waals surface area contributed by atoms with E-state index in [1.54, 1.807) is 0 Å². The Balaban J connectivity index is 2.37. The lowest BCUT2D eigenvalue weighted by Gasteiger charge is -2.34. The van der Waals surface area contributed by atoms with Gasteiger partial charge in [0.25, 0.3) is 0 Å². The molecule has 1 fully saturated rings. The van der Waals surface area contributed by atoms with Crippen LogP contribution in [-0.4, -0.2) is 49.1 Å². The summed E-state index contributed by atoms with van der Waals surface area (Å²) in [6.07, 6.45) is 3.24. The molecule has 0 aromatic rings. The predicted octanol–water partition coefficient (Wildman–Crippen LogP) is 0.875. The van der Waals surface area contributed by atoms with Crippen molar-refractivity contribution >= 4 is 0 Å². The first-order valence-electron chi connectivity index (χ1n) is 5.45. The van der Waals surface area contributed by atoms with Crippen molar-refractivity contribution in [1.82, 2.24) is 9.80 Å². The SMILES string of the molecule is C/C(=C\CC(C)N)N1CCN(C)CC1. The van der Waals surface area contributed by atoms with E-state index in [2.05, 4.69) is 29.8 Å². The first kappa shape index (κ1) is 11.5. The highest BCUT2D eigenvalue weighted by molar-refractivity contribution is 5.00. The summed E-state index contributed by atoms with van der Waals surface area (Å²) in [6.45, 7) is 8.88. The van der Waals surface area contributed by atoms with Crippen LogP contribution in [0.4, 0.5) is 0 Å². The molecule has 0 bridgehead atoms. The minimum atomic E-state index is 0.275. The van der Waals surface area contributed by atoms with E-state index < -0.39 is 0 Å². The van der Waals surface area contributed by atoms with Crippen LogP contribution < -0.4 is 5.73 Å². The second-order valence-electron chi connectivity index (χ2n) is 4.35. The second kappa shape index (κ2) is 5.37. The van der Waals surface area contributed by atoms with Crippen molar-refractivity contribution in [3.05, 3.63) is 11.8 Å². The van der Waals surface area contributed by atoms with Gasteiger partial charge >= 0.3 is 0 Å². The normalized spacial score (nSPS) is 22.6. The van der Waals surface area contributed by atoms with Crippen molar-refractivity contribution in [1.29, 1.82) is 0 Å². The van der Waals surface area contributed by atoms with Gasteiger partial charge in [-0.3, -0.25) is 0 Å². The lowest BCUT2D eigenvalue weighted by atomic mass is 10.2. The van der Waals surface area contributed by atoms with Gasteiger partial charge in [-0.1, -0.05) is 6.08 Å². The molecule has 1 heterocycles. The Morgan fingerprint density at radius 3 is 2.43 bits per heavy atom. The molecule has 14 heavy (non-hydrogen) atoms. The molecular weight excluding hydrogens is 174 g/mol. The number of piperazine rings is 1. The van der Waals surface area contributed by atoms with Gasteiger partial charge in [-0.15, -0.1) is 0 Å². The van der Waals surface area contributed by atoms with E-state index in [0.29, 0.717) is 0 Å². The maximum absolute atomic E-state index is 5.72. The fraction of sp³-hybridized carbons (Fsp3) is 0.818. The van der Waals surface area contributed by atoms with Crippen molar-refractivity contribution in [3.63, 3.8) is 0 Å². The molecule has 1 aliphatic heterocycles. The van der Waals surface area contributed by atoms with Gasteiger partial charge in [0, 0.05) is 37.9 Å². The number of allylic oxidation sites excluding steroid dienone is 1. The lowest BCUT2D eigenvalue weighted by Crippen LogP contribution is -2.43. The molecule has 2 N–H and O–H groups in total. The van der Waals surface area contributed by atoms with E-state index in [4.69, 9.17) is 5.73 Å². The van der Waals surface area contributed by atoms with Crippen LogP contribution in [-0.2, 0) is 0 Å². The van der Waals surface area contributed by atoms with E-state index >= 15 is 0 Å². The van der Waals surface area contributed by atoms with E-state index in [9.17, 15) is 0 Å². The maximum atomic E-state index is 5.72. The summed E-state index contributed by atoms with van der Waals surface area (Å²) in [6, 6.07) is 0.275. The number of hydrogen-bond acceptors (Lipinski definition) is 3. The summed E-state index contributed by atoms with van der Waals surface area (Å²) in [5.41, 5.74) is 7.11. The third-order valence-corrected chi connectivity index (χ3v) is 2.79. The quantitative estimate of drug-likeness (QED) is 0.729. The summed E-state index contributed by atoms with van der Waals surface area (Å²) in [5, 5.41) is 0. The highest BCUT2D eigenvalue weighted by atomic mass is 15.2. The van der Waals surface area contributed by atoms with Crippen molar-refractivity contribution in [2.75, 3.05) is 33.2 Å². The van der Waals surface area contributed by atoms with Gasteiger partial charge < -0.3 is 15.5 Å². The Labute approximate surface area is 87.6 Å². The highest BCUT2D eigenvalue weighted by Gasteiger charge is 2.13. The van der Waals surface area contributed by atoms with Crippen molar-refractivity contribution in [2.24, 2.45) is 5.73 Å². The average Bonchev–Trinajstić information content (AvgIpc) is 2.15. The maximum Gasteiger partial charge on any atom is 0.0303 e. The average molecular weight is 197 g/mol. The Morgan fingerprint density at radius 2 is 1.93 bits per heavy atom. The minimum absolute atomic E-state index is 0.275. The molecule has 1 unspecified atom stereocenters. The first-order valence-corrected chi connectivity index (χ1v) is 5.45. The molecule has 1 aliphatic rings. The zero-order chi connectivity index (χ0) is 10.6. The van der Waals surface area contributed by atoms with Crippen LogP contribution in [0.3, 0.4) is 0 Å². The van der Waals surface area contributed by atoms with Gasteiger partial charge in [-0.2, -0.15) is 0 Å². The van der Waals surface area contributed by atoms with E-state index in [0.717, 1.165) is 19.5 Å². The van der Waals surface area contributed by atoms with E-state index in [1.165, 1.54) is 18.8 Å². The van der Waals surface area contributed by atoms with Gasteiger partial charge in [0.05, 0.1) is 0 Å². The molecule has 1 rings (SSSR count). The van der Waals surface area contributed by atoms with Gasteiger partial charge in [0.2, 0.25) is 0 Å². The predicted molar refractivity (Wildman–Crippen MR) is 61.1 cm³/mol. The standard InChI is InChI=1S/C11H23N3/c1-10(12)4-5-11(2)14-8-6-13(3)7-9-14/h5,10H,4,6-9,12H2,1-3H3/b11-5+. The second-order valence-corrected chi connectivity index (χ2v) is 4.35. The molecule has 1 atom stereocenters. The Morgan fingerprint density at radius 1 is 1.36 bits per heavy atom. The number of nitrogens with zero attached hydrogens (tertiary/aromatic N) is 2. The summed E-state index contributed by atoms with van der Waals surface area (Å²) < 4.78 is 0. The molecular formula is C11H23N3. The van der Waals surface area contributed by atoms with Gasteiger partial charge in [0.15, 0.2) is 0 Å². The molecule has 0 aliphatic carbocycles. The third kappa shape index (κ3) is 3.68. The molecule has 3 nitrogen and oxygen atoms in total. The molecule has 0 aromatic carbocycles.